The number of rotatable bonds is 3. The average Bonchev–Trinajstić information content (AvgIpc) is 2.95. The monoisotopic (exact) mass is 366 g/mol. The van der Waals surface area contributed by atoms with Gasteiger partial charge in [0.25, 0.3) is 0 Å². The smallest absolute Gasteiger partial charge is 0.330 e. The van der Waals surface area contributed by atoms with Gasteiger partial charge in [0.05, 0.1) is 6.61 Å². The number of aryl methyl sites for hydroxylation is 1. The summed E-state index contributed by atoms with van der Waals surface area (Å²) in [6.45, 7) is 8.97. The molecule has 3 nitrogen and oxygen atoms in total. The molecule has 0 bridgehead atoms. The maximum absolute atomic E-state index is 11.6. The Bertz CT molecular complexity index is 806. The van der Waals surface area contributed by atoms with Gasteiger partial charge in [-0.25, -0.2) is 4.79 Å². The van der Waals surface area contributed by atoms with E-state index in [2.05, 4.69) is 19.6 Å². The topological polar surface area (TPSA) is 46.5 Å². The molecule has 0 heterocycles. The van der Waals surface area contributed by atoms with Crippen molar-refractivity contribution in [1.29, 1.82) is 0 Å². The molecule has 2 saturated carbocycles. The van der Waals surface area contributed by atoms with E-state index in [4.69, 9.17) is 4.74 Å². The number of aromatic hydroxyl groups is 1. The lowest BCUT2D eigenvalue weighted by Crippen LogP contribution is -2.40. The molecule has 0 spiro atoms. The van der Waals surface area contributed by atoms with Crippen molar-refractivity contribution >= 4 is 12.0 Å². The fourth-order valence-corrected chi connectivity index (χ4v) is 6.01. The van der Waals surface area contributed by atoms with Gasteiger partial charge in [-0.2, -0.15) is 0 Å². The molecular formula is C24H30O3. The zero-order valence-corrected chi connectivity index (χ0v) is 16.5. The molecule has 0 aliphatic heterocycles. The molecule has 2 fully saturated rings. The minimum absolute atomic E-state index is 0.252. The van der Waals surface area contributed by atoms with E-state index >= 15 is 0 Å². The predicted octanol–water partition coefficient (Wildman–Crippen LogP) is 5.38. The molecule has 0 amide bonds. The van der Waals surface area contributed by atoms with E-state index < -0.39 is 0 Å². The number of carbonyl (C=O) groups is 1. The van der Waals surface area contributed by atoms with Crippen molar-refractivity contribution in [2.24, 2.45) is 17.3 Å². The molecule has 0 unspecified atom stereocenters. The first kappa shape index (κ1) is 18.3. The maximum atomic E-state index is 11.6. The van der Waals surface area contributed by atoms with Gasteiger partial charge < -0.3 is 9.84 Å². The van der Waals surface area contributed by atoms with Crippen LogP contribution in [0.2, 0.25) is 0 Å². The van der Waals surface area contributed by atoms with E-state index in [1.807, 2.05) is 6.07 Å². The lowest BCUT2D eigenvalue weighted by Gasteiger charge is -2.49. The van der Waals surface area contributed by atoms with E-state index in [0.29, 0.717) is 29.4 Å². The summed E-state index contributed by atoms with van der Waals surface area (Å²) in [7, 11) is 0. The van der Waals surface area contributed by atoms with Crippen LogP contribution < -0.4 is 0 Å². The van der Waals surface area contributed by atoms with Crippen molar-refractivity contribution in [1.82, 2.24) is 0 Å². The zero-order valence-electron chi connectivity index (χ0n) is 16.5. The maximum Gasteiger partial charge on any atom is 0.330 e. The fourth-order valence-electron chi connectivity index (χ4n) is 6.01. The molecular weight excluding hydrogens is 336 g/mol. The molecule has 4 atom stereocenters. The molecule has 1 aromatic carbocycles. The highest BCUT2D eigenvalue weighted by Crippen LogP contribution is 2.62. The highest BCUT2D eigenvalue weighted by atomic mass is 16.5. The molecule has 1 N–H and O–H groups in total. The normalized spacial score (nSPS) is 32.1. The lowest BCUT2D eigenvalue weighted by molar-refractivity contribution is -0.137. The third-order valence-corrected chi connectivity index (χ3v) is 7.51. The molecule has 0 saturated heterocycles. The minimum atomic E-state index is -0.370. The molecule has 3 aliphatic carbocycles. The Morgan fingerprint density at radius 3 is 2.93 bits per heavy atom. The van der Waals surface area contributed by atoms with Crippen LogP contribution in [-0.2, 0) is 16.0 Å². The number of carbonyl (C=O) groups excluding carboxylic acids is 1. The van der Waals surface area contributed by atoms with Gasteiger partial charge in [0, 0.05) is 11.6 Å². The van der Waals surface area contributed by atoms with Crippen LogP contribution in [0.15, 0.2) is 30.4 Å². The first-order chi connectivity index (χ1) is 12.9. The van der Waals surface area contributed by atoms with Gasteiger partial charge in [0.1, 0.15) is 5.75 Å². The molecule has 1 aromatic rings. The number of phenols is 1. The van der Waals surface area contributed by atoms with Gasteiger partial charge in [0.15, 0.2) is 0 Å². The standard InChI is InChI=1S/C24H30O3/c1-4-27-23(26)10-7-17-13-20-16(14-22(17)25)6-8-19-18(20)11-12-24(3)15(2)5-9-21(19)24/h7,10,13-14,18-19,21,25H,2,4-6,8-9,11-12H2,1,3H3/b10-7+/t18-,19+,21-,24+/m0/s1. The van der Waals surface area contributed by atoms with Crippen LogP contribution in [0.25, 0.3) is 6.08 Å². The van der Waals surface area contributed by atoms with Crippen molar-refractivity contribution in [2.75, 3.05) is 6.61 Å². The summed E-state index contributed by atoms with van der Waals surface area (Å²) in [5.74, 6) is 1.90. The van der Waals surface area contributed by atoms with E-state index in [-0.39, 0.29) is 11.7 Å². The Hall–Kier alpha value is -2.03. The number of allylic oxidation sites excluding steroid dienone is 1. The number of hydrogen-bond donors (Lipinski definition) is 1. The largest absolute Gasteiger partial charge is 0.507 e. The predicted molar refractivity (Wildman–Crippen MR) is 108 cm³/mol. The van der Waals surface area contributed by atoms with Crippen molar-refractivity contribution in [3.8, 4) is 5.75 Å². The van der Waals surface area contributed by atoms with Crippen LogP contribution in [-0.4, -0.2) is 17.7 Å². The summed E-state index contributed by atoms with van der Waals surface area (Å²) in [5, 5.41) is 10.4. The summed E-state index contributed by atoms with van der Waals surface area (Å²) in [6.07, 6.45) is 10.2. The molecule has 144 valence electrons. The number of ether oxygens (including phenoxy) is 1. The summed E-state index contributed by atoms with van der Waals surface area (Å²) in [4.78, 5) is 11.6. The first-order valence-electron chi connectivity index (χ1n) is 10.3. The molecule has 4 rings (SSSR count). The van der Waals surface area contributed by atoms with Gasteiger partial charge >= 0.3 is 5.97 Å². The lowest BCUT2D eigenvalue weighted by atomic mass is 9.55. The SMILES string of the molecule is C=C1CC[C@H]2[C@@H]3CCc4cc(O)c(/C=C/C(=O)OCC)cc4[C@H]3CC[C@]12C. The van der Waals surface area contributed by atoms with E-state index in [9.17, 15) is 9.90 Å². The number of esters is 1. The molecule has 3 heteroatoms. The number of fused-ring (bicyclic) bond motifs is 5. The molecule has 27 heavy (non-hydrogen) atoms. The van der Waals surface area contributed by atoms with Crippen LogP contribution in [0.5, 0.6) is 5.75 Å². The number of benzene rings is 1. The summed E-state index contributed by atoms with van der Waals surface area (Å²) >= 11 is 0. The summed E-state index contributed by atoms with van der Waals surface area (Å²) < 4.78 is 4.95. The van der Waals surface area contributed by atoms with Crippen LogP contribution in [0, 0.1) is 17.3 Å². The Morgan fingerprint density at radius 1 is 1.33 bits per heavy atom. The molecule has 0 radical (unpaired) electrons. The van der Waals surface area contributed by atoms with Crippen LogP contribution in [0.4, 0.5) is 0 Å². The van der Waals surface area contributed by atoms with Crippen LogP contribution in [0.1, 0.15) is 68.6 Å². The number of hydrogen-bond acceptors (Lipinski definition) is 3. The molecule has 0 aromatic heterocycles. The van der Waals surface area contributed by atoms with Gasteiger partial charge in [-0.3, -0.25) is 0 Å². The first-order valence-corrected chi connectivity index (χ1v) is 10.3. The van der Waals surface area contributed by atoms with E-state index in [0.717, 1.165) is 12.3 Å². The second-order valence-electron chi connectivity index (χ2n) is 8.71. The Labute approximate surface area is 162 Å². The highest BCUT2D eigenvalue weighted by Gasteiger charge is 2.51. The Kier molecular flexibility index (Phi) is 4.65. The van der Waals surface area contributed by atoms with Gasteiger partial charge in [-0.05, 0) is 98.0 Å². The average molecular weight is 367 g/mol. The van der Waals surface area contributed by atoms with Crippen molar-refractivity contribution in [2.45, 2.75) is 58.3 Å². The van der Waals surface area contributed by atoms with Crippen molar-refractivity contribution in [3.05, 3.63) is 47.1 Å². The minimum Gasteiger partial charge on any atom is -0.507 e. The Balaban J connectivity index is 1.65. The quantitative estimate of drug-likeness (QED) is 0.444. The summed E-state index contributed by atoms with van der Waals surface area (Å²) in [6, 6.07) is 4.03. The second-order valence-corrected chi connectivity index (χ2v) is 8.71. The van der Waals surface area contributed by atoms with Crippen molar-refractivity contribution in [3.63, 3.8) is 0 Å². The second kappa shape index (κ2) is 6.85. The van der Waals surface area contributed by atoms with Gasteiger partial charge in [-0.1, -0.05) is 19.1 Å². The van der Waals surface area contributed by atoms with E-state index in [1.54, 1.807) is 13.0 Å². The molecule has 3 aliphatic rings. The highest BCUT2D eigenvalue weighted by molar-refractivity contribution is 5.87. The number of phenolic OH excluding ortho intramolecular Hbond substituents is 1. The third kappa shape index (κ3) is 3.01. The third-order valence-electron chi connectivity index (χ3n) is 7.51. The summed E-state index contributed by atoms with van der Waals surface area (Å²) in [5.41, 5.74) is 5.16. The fraction of sp³-hybridized carbons (Fsp3) is 0.542. The van der Waals surface area contributed by atoms with Crippen molar-refractivity contribution < 1.29 is 14.6 Å². The van der Waals surface area contributed by atoms with Gasteiger partial charge in [-0.15, -0.1) is 0 Å². The van der Waals surface area contributed by atoms with E-state index in [1.165, 1.54) is 54.9 Å². The Morgan fingerprint density at radius 2 is 2.15 bits per heavy atom. The van der Waals surface area contributed by atoms with Crippen LogP contribution >= 0.6 is 0 Å². The zero-order chi connectivity index (χ0) is 19.2. The van der Waals surface area contributed by atoms with Gasteiger partial charge in [0.2, 0.25) is 0 Å². The van der Waals surface area contributed by atoms with Crippen LogP contribution in [0.3, 0.4) is 0 Å².